The van der Waals surface area contributed by atoms with Gasteiger partial charge in [-0.25, -0.2) is 0 Å². The van der Waals surface area contributed by atoms with Gasteiger partial charge in [-0.15, -0.1) is 12.4 Å². The number of hydrogen-bond donors (Lipinski definition) is 1. The van der Waals surface area contributed by atoms with Gasteiger partial charge in [-0.05, 0) is 82.7 Å². The second-order valence-corrected chi connectivity index (χ2v) is 7.41. The molecule has 1 N–H and O–H groups in total. The molecule has 1 atom stereocenters. The topological polar surface area (TPSA) is 41.9 Å². The van der Waals surface area contributed by atoms with Gasteiger partial charge in [-0.1, -0.05) is 6.07 Å². The summed E-state index contributed by atoms with van der Waals surface area (Å²) in [7, 11) is 3.35. The Morgan fingerprint density at radius 2 is 1.63 bits per heavy atom. The number of benzene rings is 3. The summed E-state index contributed by atoms with van der Waals surface area (Å²) < 4.78 is 11.1. The van der Waals surface area contributed by atoms with E-state index in [1.54, 1.807) is 20.3 Å². The molecule has 0 aliphatic carbocycles. The zero-order valence-corrected chi connectivity index (χ0v) is 16.4. The monoisotopic (exact) mass is 385 g/mol. The lowest BCUT2D eigenvalue weighted by Gasteiger charge is -2.33. The van der Waals surface area contributed by atoms with E-state index in [0.29, 0.717) is 11.8 Å². The highest BCUT2D eigenvalue weighted by Gasteiger charge is 2.32. The van der Waals surface area contributed by atoms with Crippen molar-refractivity contribution in [1.82, 2.24) is 4.90 Å². The van der Waals surface area contributed by atoms with Gasteiger partial charge in [0.15, 0.2) is 11.5 Å². The van der Waals surface area contributed by atoms with Crippen molar-refractivity contribution in [3.05, 3.63) is 41.5 Å². The molecule has 5 rings (SSSR count). The van der Waals surface area contributed by atoms with Crippen LogP contribution in [0.25, 0.3) is 21.5 Å². The second-order valence-electron chi connectivity index (χ2n) is 7.41. The fourth-order valence-corrected chi connectivity index (χ4v) is 4.88. The summed E-state index contributed by atoms with van der Waals surface area (Å²) in [5, 5.41) is 14.8. The number of aromatic hydroxyl groups is 1. The minimum atomic E-state index is 0. The van der Waals surface area contributed by atoms with Gasteiger partial charge in [0.1, 0.15) is 5.75 Å². The molecule has 2 aliphatic rings. The molecule has 0 aromatic heterocycles. The predicted octanol–water partition coefficient (Wildman–Crippen LogP) is 4.66. The third-order valence-electron chi connectivity index (χ3n) is 6.13. The first-order valence-corrected chi connectivity index (χ1v) is 9.26. The molecule has 0 unspecified atom stereocenters. The number of hydrogen-bond acceptors (Lipinski definition) is 4. The van der Waals surface area contributed by atoms with Crippen molar-refractivity contribution in [3.8, 4) is 17.2 Å². The molecule has 0 amide bonds. The van der Waals surface area contributed by atoms with Gasteiger partial charge >= 0.3 is 0 Å². The molecule has 4 nitrogen and oxygen atoms in total. The van der Waals surface area contributed by atoms with E-state index in [1.165, 1.54) is 41.3 Å². The van der Waals surface area contributed by atoms with E-state index in [1.807, 2.05) is 6.07 Å². The molecule has 2 aliphatic heterocycles. The quantitative estimate of drug-likeness (QED) is 0.651. The van der Waals surface area contributed by atoms with Crippen LogP contribution in [0.5, 0.6) is 17.2 Å². The highest BCUT2D eigenvalue weighted by Crippen LogP contribution is 2.44. The molecule has 0 saturated carbocycles. The summed E-state index contributed by atoms with van der Waals surface area (Å²) in [6, 6.07) is 10.5. The lowest BCUT2D eigenvalue weighted by atomic mass is 9.85. The van der Waals surface area contributed by atoms with Crippen LogP contribution in [-0.2, 0) is 13.0 Å². The Kier molecular flexibility index (Phi) is 4.57. The number of methoxy groups -OCH3 is 2. The van der Waals surface area contributed by atoms with Crippen LogP contribution in [0.1, 0.15) is 24.0 Å². The Bertz CT molecular complexity index is 1030. The minimum absolute atomic E-state index is 0. The Hall–Kier alpha value is -2.17. The number of rotatable bonds is 2. The van der Waals surface area contributed by atoms with Crippen LogP contribution >= 0.6 is 12.4 Å². The highest BCUT2D eigenvalue weighted by molar-refractivity contribution is 6.12. The highest BCUT2D eigenvalue weighted by atomic mass is 35.5. The number of nitrogens with zero attached hydrogens (tertiary/aromatic N) is 1. The number of ether oxygens (including phenoxy) is 2. The van der Waals surface area contributed by atoms with Crippen LogP contribution in [0.3, 0.4) is 0 Å². The van der Waals surface area contributed by atoms with E-state index in [0.717, 1.165) is 35.2 Å². The molecule has 2 heterocycles. The van der Waals surface area contributed by atoms with E-state index in [9.17, 15) is 5.11 Å². The summed E-state index contributed by atoms with van der Waals surface area (Å²) >= 11 is 0. The second kappa shape index (κ2) is 6.77. The first-order valence-electron chi connectivity index (χ1n) is 9.26. The fourth-order valence-electron chi connectivity index (χ4n) is 4.88. The van der Waals surface area contributed by atoms with E-state index in [2.05, 4.69) is 23.1 Å². The lowest BCUT2D eigenvalue weighted by Crippen LogP contribution is -2.35. The van der Waals surface area contributed by atoms with Gasteiger partial charge in [0.25, 0.3) is 0 Å². The molecule has 5 heteroatoms. The minimum Gasteiger partial charge on any atom is -0.508 e. The molecule has 3 aromatic carbocycles. The van der Waals surface area contributed by atoms with Crippen LogP contribution in [0.4, 0.5) is 0 Å². The SMILES string of the molecule is COc1cc2c3c(c4ccc(O)cc4c2cc1OC)CN1CCC[C@H]1C3.Cl. The van der Waals surface area contributed by atoms with Gasteiger partial charge in [0.2, 0.25) is 0 Å². The zero-order chi connectivity index (χ0) is 17.8. The summed E-state index contributed by atoms with van der Waals surface area (Å²) in [6.45, 7) is 2.18. The van der Waals surface area contributed by atoms with Crippen LogP contribution in [0, 0.1) is 0 Å². The van der Waals surface area contributed by atoms with Crippen LogP contribution in [-0.4, -0.2) is 36.8 Å². The summed E-state index contributed by atoms with van der Waals surface area (Å²) in [5.41, 5.74) is 2.83. The average Bonchev–Trinajstić information content (AvgIpc) is 3.13. The molecule has 27 heavy (non-hydrogen) atoms. The molecular formula is C22H24ClNO3. The van der Waals surface area contributed by atoms with Crippen LogP contribution in [0.2, 0.25) is 0 Å². The Labute approximate surface area is 165 Å². The van der Waals surface area contributed by atoms with E-state index < -0.39 is 0 Å². The molecule has 0 radical (unpaired) electrons. The van der Waals surface area contributed by atoms with Crippen molar-refractivity contribution >= 4 is 34.0 Å². The van der Waals surface area contributed by atoms with Crippen molar-refractivity contribution < 1.29 is 14.6 Å². The predicted molar refractivity (Wildman–Crippen MR) is 111 cm³/mol. The molecular weight excluding hydrogens is 362 g/mol. The molecule has 142 valence electrons. The maximum absolute atomic E-state index is 10.1. The van der Waals surface area contributed by atoms with Crippen molar-refractivity contribution in [1.29, 1.82) is 0 Å². The first kappa shape index (κ1) is 18.2. The van der Waals surface area contributed by atoms with Crippen molar-refractivity contribution in [2.75, 3.05) is 20.8 Å². The maximum Gasteiger partial charge on any atom is 0.161 e. The summed E-state index contributed by atoms with van der Waals surface area (Å²) in [4.78, 5) is 2.61. The molecule has 1 fully saturated rings. The van der Waals surface area contributed by atoms with Crippen LogP contribution < -0.4 is 9.47 Å². The Morgan fingerprint density at radius 3 is 2.37 bits per heavy atom. The van der Waals surface area contributed by atoms with Crippen molar-refractivity contribution in [2.45, 2.75) is 31.8 Å². The van der Waals surface area contributed by atoms with E-state index in [4.69, 9.17) is 9.47 Å². The van der Waals surface area contributed by atoms with E-state index >= 15 is 0 Å². The summed E-state index contributed by atoms with van der Waals surface area (Å²) in [6.07, 6.45) is 3.65. The van der Waals surface area contributed by atoms with Gasteiger partial charge in [0, 0.05) is 12.6 Å². The van der Waals surface area contributed by atoms with E-state index in [-0.39, 0.29) is 12.4 Å². The van der Waals surface area contributed by atoms with Crippen LogP contribution in [0.15, 0.2) is 30.3 Å². The Balaban J connectivity index is 0.00000180. The molecule has 0 bridgehead atoms. The number of phenolic OH excluding ortho intramolecular Hbond substituents is 1. The summed E-state index contributed by atoms with van der Waals surface area (Å²) in [5.74, 6) is 1.78. The normalized spacial score (nSPS) is 18.8. The van der Waals surface area contributed by atoms with Crippen molar-refractivity contribution in [3.63, 3.8) is 0 Å². The average molecular weight is 386 g/mol. The van der Waals surface area contributed by atoms with Gasteiger partial charge in [-0.2, -0.15) is 0 Å². The molecule has 1 saturated heterocycles. The van der Waals surface area contributed by atoms with Gasteiger partial charge in [-0.3, -0.25) is 4.90 Å². The Morgan fingerprint density at radius 1 is 0.926 bits per heavy atom. The number of fused-ring (bicyclic) bond motifs is 7. The fraction of sp³-hybridized carbons (Fsp3) is 0.364. The third-order valence-corrected chi connectivity index (χ3v) is 6.13. The largest absolute Gasteiger partial charge is 0.508 e. The molecule has 3 aromatic rings. The van der Waals surface area contributed by atoms with Gasteiger partial charge < -0.3 is 14.6 Å². The lowest BCUT2D eigenvalue weighted by molar-refractivity contribution is 0.229. The van der Waals surface area contributed by atoms with Crippen molar-refractivity contribution in [2.24, 2.45) is 0 Å². The number of halogens is 1. The smallest absolute Gasteiger partial charge is 0.161 e. The third kappa shape index (κ3) is 2.70. The maximum atomic E-state index is 10.1. The van der Waals surface area contributed by atoms with Gasteiger partial charge in [0.05, 0.1) is 14.2 Å². The molecule has 0 spiro atoms. The number of phenols is 1. The standard InChI is InChI=1S/C22H23NO3.ClH/c1-25-21-10-18-16-8-13-4-3-7-23(13)12-20(16)15-6-5-14(24)9-17(15)19(18)11-22(21)26-2;/h5-6,9-11,13,24H,3-4,7-8,12H2,1-2H3;1H/t13-;/m0./s1. The zero-order valence-electron chi connectivity index (χ0n) is 15.6. The first-order chi connectivity index (χ1) is 12.7.